The van der Waals surface area contributed by atoms with Crippen molar-refractivity contribution < 1.29 is 9.53 Å². The van der Waals surface area contributed by atoms with Crippen LogP contribution < -0.4 is 4.74 Å². The highest BCUT2D eigenvalue weighted by atomic mass is 79.9. The van der Waals surface area contributed by atoms with Crippen molar-refractivity contribution in [2.75, 3.05) is 7.11 Å². The Morgan fingerprint density at radius 2 is 1.70 bits per heavy atom. The molecule has 0 aliphatic rings. The van der Waals surface area contributed by atoms with Crippen LogP contribution in [0.4, 0.5) is 0 Å². The van der Waals surface area contributed by atoms with Crippen molar-refractivity contribution in [2.45, 2.75) is 6.92 Å². The maximum atomic E-state index is 12.6. The average Bonchev–Trinajstić information content (AvgIpc) is 2.39. The Labute approximate surface area is 135 Å². The van der Waals surface area contributed by atoms with Crippen molar-refractivity contribution in [3.8, 4) is 5.75 Å². The average molecular weight is 374 g/mol. The molecule has 2 aromatic rings. The van der Waals surface area contributed by atoms with E-state index in [1.807, 2.05) is 13.0 Å². The zero-order valence-electron chi connectivity index (χ0n) is 10.8. The van der Waals surface area contributed by atoms with E-state index in [4.69, 9.17) is 27.9 Å². The third kappa shape index (κ3) is 3.17. The molecule has 0 radical (unpaired) electrons. The number of rotatable bonds is 3. The summed E-state index contributed by atoms with van der Waals surface area (Å²) in [6.45, 7) is 1.93. The summed E-state index contributed by atoms with van der Waals surface area (Å²) in [4.78, 5) is 12.6. The largest absolute Gasteiger partial charge is 0.496 e. The summed E-state index contributed by atoms with van der Waals surface area (Å²) < 4.78 is 6.12. The summed E-state index contributed by atoms with van der Waals surface area (Å²) in [5.41, 5.74) is 1.88. The highest BCUT2D eigenvalue weighted by molar-refractivity contribution is 9.10. The molecule has 0 unspecified atom stereocenters. The van der Waals surface area contributed by atoms with Gasteiger partial charge in [0.1, 0.15) is 5.75 Å². The third-order valence-electron chi connectivity index (χ3n) is 2.85. The van der Waals surface area contributed by atoms with E-state index in [1.54, 1.807) is 24.3 Å². The molecule has 0 saturated heterocycles. The second kappa shape index (κ2) is 6.17. The zero-order chi connectivity index (χ0) is 14.9. The van der Waals surface area contributed by atoms with E-state index >= 15 is 0 Å². The van der Waals surface area contributed by atoms with Crippen LogP contribution in [0.5, 0.6) is 5.75 Å². The van der Waals surface area contributed by atoms with Crippen molar-refractivity contribution in [3.63, 3.8) is 0 Å². The van der Waals surface area contributed by atoms with Gasteiger partial charge in [0.25, 0.3) is 0 Å². The van der Waals surface area contributed by atoms with E-state index in [0.717, 1.165) is 10.0 Å². The van der Waals surface area contributed by atoms with Crippen LogP contribution >= 0.6 is 39.1 Å². The van der Waals surface area contributed by atoms with Crippen LogP contribution in [-0.4, -0.2) is 12.9 Å². The van der Waals surface area contributed by atoms with E-state index in [-0.39, 0.29) is 5.78 Å². The summed E-state index contributed by atoms with van der Waals surface area (Å²) in [5.74, 6) is 0.332. The van der Waals surface area contributed by atoms with Gasteiger partial charge in [-0.25, -0.2) is 0 Å². The van der Waals surface area contributed by atoms with Gasteiger partial charge in [-0.3, -0.25) is 4.79 Å². The zero-order valence-corrected chi connectivity index (χ0v) is 13.9. The van der Waals surface area contributed by atoms with Gasteiger partial charge in [0.15, 0.2) is 5.78 Å². The van der Waals surface area contributed by atoms with Gasteiger partial charge >= 0.3 is 0 Å². The number of halogens is 3. The maximum Gasteiger partial charge on any atom is 0.196 e. The standard InChI is InChI=1S/C15H11BrCl2O2/c1-8-3-14(20-2)12(7-13(8)16)15(19)9-4-10(17)6-11(18)5-9/h3-7H,1-2H3. The van der Waals surface area contributed by atoms with Crippen LogP contribution in [-0.2, 0) is 0 Å². The Bertz CT molecular complexity index is 664. The Morgan fingerprint density at radius 1 is 1.10 bits per heavy atom. The molecule has 2 rings (SSSR count). The molecule has 2 nitrogen and oxygen atoms in total. The van der Waals surface area contributed by atoms with Gasteiger partial charge < -0.3 is 4.74 Å². The lowest BCUT2D eigenvalue weighted by atomic mass is 10.0. The number of ether oxygens (including phenoxy) is 1. The number of benzene rings is 2. The molecule has 0 aliphatic carbocycles. The van der Waals surface area contributed by atoms with Gasteiger partial charge in [-0.15, -0.1) is 0 Å². The first-order valence-corrected chi connectivity index (χ1v) is 7.32. The van der Waals surface area contributed by atoms with Crippen molar-refractivity contribution >= 4 is 44.9 Å². The van der Waals surface area contributed by atoms with Gasteiger partial charge in [0.05, 0.1) is 12.7 Å². The first kappa shape index (κ1) is 15.4. The minimum Gasteiger partial charge on any atom is -0.496 e. The molecule has 0 saturated carbocycles. The fourth-order valence-electron chi connectivity index (χ4n) is 1.84. The van der Waals surface area contributed by atoms with E-state index in [0.29, 0.717) is 26.9 Å². The van der Waals surface area contributed by atoms with Gasteiger partial charge in [0, 0.05) is 20.1 Å². The molecule has 20 heavy (non-hydrogen) atoms. The topological polar surface area (TPSA) is 26.3 Å². The van der Waals surface area contributed by atoms with Crippen LogP contribution in [0.15, 0.2) is 34.8 Å². The Balaban J connectivity index is 2.55. The second-order valence-corrected chi connectivity index (χ2v) is 6.02. The van der Waals surface area contributed by atoms with Crippen molar-refractivity contribution in [1.29, 1.82) is 0 Å². The second-order valence-electron chi connectivity index (χ2n) is 4.29. The molecule has 0 heterocycles. The van der Waals surface area contributed by atoms with Crippen LogP contribution in [0.1, 0.15) is 21.5 Å². The first-order valence-electron chi connectivity index (χ1n) is 5.77. The molecular weight excluding hydrogens is 363 g/mol. The fraction of sp³-hybridized carbons (Fsp3) is 0.133. The highest BCUT2D eigenvalue weighted by Crippen LogP contribution is 2.30. The maximum absolute atomic E-state index is 12.6. The lowest BCUT2D eigenvalue weighted by Gasteiger charge is -2.11. The van der Waals surface area contributed by atoms with E-state index < -0.39 is 0 Å². The summed E-state index contributed by atoms with van der Waals surface area (Å²) in [6, 6.07) is 8.31. The molecule has 0 amide bonds. The number of carbonyl (C=O) groups is 1. The van der Waals surface area contributed by atoms with Crippen molar-refractivity contribution in [3.05, 3.63) is 61.5 Å². The van der Waals surface area contributed by atoms with Crippen LogP contribution in [0.3, 0.4) is 0 Å². The number of methoxy groups -OCH3 is 1. The van der Waals surface area contributed by atoms with Gasteiger partial charge in [-0.1, -0.05) is 39.1 Å². The molecule has 0 atom stereocenters. The number of aryl methyl sites for hydroxylation is 1. The molecular formula is C15H11BrCl2O2. The third-order valence-corrected chi connectivity index (χ3v) is 4.14. The Hall–Kier alpha value is -1.03. The molecule has 0 N–H and O–H groups in total. The summed E-state index contributed by atoms with van der Waals surface area (Å²) >= 11 is 15.3. The van der Waals surface area contributed by atoms with Gasteiger partial charge in [-0.05, 0) is 42.8 Å². The lowest BCUT2D eigenvalue weighted by Crippen LogP contribution is -2.05. The van der Waals surface area contributed by atoms with Crippen LogP contribution in [0, 0.1) is 6.92 Å². The lowest BCUT2D eigenvalue weighted by molar-refractivity contribution is 0.103. The molecule has 104 valence electrons. The Kier molecular flexibility index (Phi) is 4.74. The number of carbonyl (C=O) groups excluding carboxylic acids is 1. The molecule has 0 spiro atoms. The molecule has 0 bridgehead atoms. The predicted octanol–water partition coefficient (Wildman–Crippen LogP) is 5.30. The summed E-state index contributed by atoms with van der Waals surface area (Å²) in [7, 11) is 1.53. The fourth-order valence-corrected chi connectivity index (χ4v) is 2.71. The quantitative estimate of drug-likeness (QED) is 0.682. The summed E-state index contributed by atoms with van der Waals surface area (Å²) in [5, 5.41) is 0.844. The molecule has 0 aliphatic heterocycles. The van der Waals surface area contributed by atoms with Crippen LogP contribution in [0.2, 0.25) is 10.0 Å². The number of ketones is 1. The van der Waals surface area contributed by atoms with Crippen LogP contribution in [0.25, 0.3) is 0 Å². The smallest absolute Gasteiger partial charge is 0.196 e. The molecule has 0 fully saturated rings. The minimum absolute atomic E-state index is 0.188. The normalized spacial score (nSPS) is 10.4. The number of hydrogen-bond donors (Lipinski definition) is 0. The monoisotopic (exact) mass is 372 g/mol. The van der Waals surface area contributed by atoms with Crippen molar-refractivity contribution in [2.24, 2.45) is 0 Å². The van der Waals surface area contributed by atoms with Crippen molar-refractivity contribution in [1.82, 2.24) is 0 Å². The van der Waals surface area contributed by atoms with E-state index in [1.165, 1.54) is 7.11 Å². The summed E-state index contributed by atoms with van der Waals surface area (Å²) in [6.07, 6.45) is 0. The van der Waals surface area contributed by atoms with Gasteiger partial charge in [-0.2, -0.15) is 0 Å². The first-order chi connectivity index (χ1) is 9.42. The predicted molar refractivity (Wildman–Crippen MR) is 85.3 cm³/mol. The highest BCUT2D eigenvalue weighted by Gasteiger charge is 2.17. The SMILES string of the molecule is COc1cc(C)c(Br)cc1C(=O)c1cc(Cl)cc(Cl)c1. The Morgan fingerprint density at radius 3 is 2.25 bits per heavy atom. The minimum atomic E-state index is -0.188. The molecule has 5 heteroatoms. The van der Waals surface area contributed by atoms with E-state index in [9.17, 15) is 4.79 Å². The van der Waals surface area contributed by atoms with E-state index in [2.05, 4.69) is 15.9 Å². The molecule has 0 aromatic heterocycles. The molecule has 2 aromatic carbocycles. The van der Waals surface area contributed by atoms with Gasteiger partial charge in [0.2, 0.25) is 0 Å². The number of hydrogen-bond acceptors (Lipinski definition) is 2.